The number of nitrogens with zero attached hydrogens (tertiary/aromatic N) is 2. The van der Waals surface area contributed by atoms with Crippen LogP contribution in [0.4, 0.5) is 0 Å². The number of benzene rings is 1. The molecule has 0 aliphatic carbocycles. The van der Waals surface area contributed by atoms with Gasteiger partial charge in [-0.3, -0.25) is 14.5 Å². The van der Waals surface area contributed by atoms with Gasteiger partial charge in [0, 0.05) is 44.9 Å². The van der Waals surface area contributed by atoms with Crippen molar-refractivity contribution in [2.45, 2.75) is 6.42 Å². The van der Waals surface area contributed by atoms with Crippen molar-refractivity contribution in [3.63, 3.8) is 0 Å². The van der Waals surface area contributed by atoms with Crippen molar-refractivity contribution in [3.05, 3.63) is 30.3 Å². The first kappa shape index (κ1) is 18.6. The third kappa shape index (κ3) is 6.80. The number of nitrogens with two attached hydrogens (primary N) is 1. The van der Waals surface area contributed by atoms with Crippen molar-refractivity contribution in [1.29, 1.82) is 0 Å². The number of amides is 2. The standard InChI is InChI=1S/C17H25N3O3S/c18-16(21)14-24-13-6-17(22)20-9-7-19(8-10-20)11-12-23-15-4-2-1-3-5-15/h1-5H,6-14H2,(H2,18,21). The maximum absolute atomic E-state index is 12.1. The maximum Gasteiger partial charge on any atom is 0.227 e. The van der Waals surface area contributed by atoms with Crippen LogP contribution in [0, 0.1) is 0 Å². The van der Waals surface area contributed by atoms with Gasteiger partial charge < -0.3 is 15.4 Å². The highest BCUT2D eigenvalue weighted by Gasteiger charge is 2.20. The van der Waals surface area contributed by atoms with Crippen LogP contribution in [-0.4, -0.2) is 72.5 Å². The molecule has 1 fully saturated rings. The van der Waals surface area contributed by atoms with Crippen LogP contribution in [0.1, 0.15) is 6.42 Å². The molecule has 0 spiro atoms. The predicted octanol–water partition coefficient (Wildman–Crippen LogP) is 0.818. The Kier molecular flexibility index (Phi) is 7.91. The summed E-state index contributed by atoms with van der Waals surface area (Å²) in [4.78, 5) is 27.0. The molecule has 0 aromatic heterocycles. The van der Waals surface area contributed by atoms with Crippen LogP contribution in [0.25, 0.3) is 0 Å². The second-order valence-electron chi connectivity index (χ2n) is 5.65. The van der Waals surface area contributed by atoms with E-state index >= 15 is 0 Å². The molecule has 2 N–H and O–H groups in total. The molecule has 1 aliphatic rings. The molecule has 132 valence electrons. The van der Waals surface area contributed by atoms with Gasteiger partial charge in [-0.1, -0.05) is 18.2 Å². The lowest BCUT2D eigenvalue weighted by molar-refractivity contribution is -0.132. The largest absolute Gasteiger partial charge is 0.492 e. The Bertz CT molecular complexity index is 519. The minimum absolute atomic E-state index is 0.159. The fraction of sp³-hybridized carbons (Fsp3) is 0.529. The number of hydrogen-bond acceptors (Lipinski definition) is 5. The average molecular weight is 351 g/mol. The van der Waals surface area contributed by atoms with E-state index < -0.39 is 0 Å². The average Bonchev–Trinajstić information content (AvgIpc) is 2.60. The van der Waals surface area contributed by atoms with Gasteiger partial charge in [0.15, 0.2) is 0 Å². The van der Waals surface area contributed by atoms with E-state index in [2.05, 4.69) is 4.90 Å². The number of primary amides is 1. The first-order valence-electron chi connectivity index (χ1n) is 8.19. The molecular weight excluding hydrogens is 326 g/mol. The summed E-state index contributed by atoms with van der Waals surface area (Å²) in [7, 11) is 0. The van der Waals surface area contributed by atoms with Gasteiger partial charge in [-0.05, 0) is 12.1 Å². The summed E-state index contributed by atoms with van der Waals surface area (Å²) in [5, 5.41) is 0. The van der Waals surface area contributed by atoms with Crippen LogP contribution < -0.4 is 10.5 Å². The SMILES string of the molecule is NC(=O)CSCCC(=O)N1CCN(CCOc2ccccc2)CC1. The van der Waals surface area contributed by atoms with Crippen molar-refractivity contribution in [2.75, 3.05) is 50.8 Å². The Balaban J connectivity index is 1.57. The third-order valence-electron chi connectivity index (χ3n) is 3.85. The number of thioether (sulfide) groups is 1. The van der Waals surface area contributed by atoms with Crippen molar-refractivity contribution in [3.8, 4) is 5.75 Å². The van der Waals surface area contributed by atoms with Crippen LogP contribution in [-0.2, 0) is 9.59 Å². The summed E-state index contributed by atoms with van der Waals surface area (Å²) < 4.78 is 5.71. The molecule has 0 saturated carbocycles. The summed E-state index contributed by atoms with van der Waals surface area (Å²) in [5.74, 6) is 1.64. The van der Waals surface area contributed by atoms with Gasteiger partial charge >= 0.3 is 0 Å². The third-order valence-corrected chi connectivity index (χ3v) is 4.83. The highest BCUT2D eigenvalue weighted by atomic mass is 32.2. The summed E-state index contributed by atoms with van der Waals surface area (Å²) >= 11 is 1.41. The van der Waals surface area contributed by atoms with Crippen molar-refractivity contribution in [1.82, 2.24) is 9.80 Å². The van der Waals surface area contributed by atoms with Gasteiger partial charge in [-0.2, -0.15) is 11.8 Å². The number of para-hydroxylation sites is 1. The fourth-order valence-corrected chi connectivity index (χ4v) is 3.19. The normalized spacial score (nSPS) is 15.2. The van der Waals surface area contributed by atoms with Gasteiger partial charge in [0.1, 0.15) is 12.4 Å². The van der Waals surface area contributed by atoms with Crippen LogP contribution >= 0.6 is 11.8 Å². The molecule has 0 unspecified atom stereocenters. The summed E-state index contributed by atoms with van der Waals surface area (Å²) in [5.41, 5.74) is 5.07. The van der Waals surface area contributed by atoms with Crippen molar-refractivity contribution >= 4 is 23.6 Å². The minimum atomic E-state index is -0.334. The Labute approximate surface area is 147 Å². The molecule has 7 heteroatoms. The van der Waals surface area contributed by atoms with Crippen LogP contribution in [0.15, 0.2) is 30.3 Å². The van der Waals surface area contributed by atoms with E-state index in [0.717, 1.165) is 38.5 Å². The van der Waals surface area contributed by atoms with E-state index in [-0.39, 0.29) is 17.6 Å². The van der Waals surface area contributed by atoms with E-state index in [1.165, 1.54) is 11.8 Å². The molecule has 2 amide bonds. The van der Waals surface area contributed by atoms with Crippen LogP contribution in [0.3, 0.4) is 0 Å². The van der Waals surface area contributed by atoms with E-state index in [9.17, 15) is 9.59 Å². The molecule has 2 rings (SSSR count). The monoisotopic (exact) mass is 351 g/mol. The van der Waals surface area contributed by atoms with E-state index in [1.54, 1.807) is 0 Å². The number of rotatable bonds is 9. The zero-order valence-electron chi connectivity index (χ0n) is 13.9. The summed E-state index contributed by atoms with van der Waals surface area (Å²) in [6.07, 6.45) is 0.467. The second kappa shape index (κ2) is 10.2. The quantitative estimate of drug-likeness (QED) is 0.667. The van der Waals surface area contributed by atoms with Gasteiger partial charge in [0.2, 0.25) is 11.8 Å². The van der Waals surface area contributed by atoms with Crippen LogP contribution in [0.5, 0.6) is 5.75 Å². The molecule has 6 nitrogen and oxygen atoms in total. The van der Waals surface area contributed by atoms with Crippen LogP contribution in [0.2, 0.25) is 0 Å². The smallest absolute Gasteiger partial charge is 0.227 e. The summed E-state index contributed by atoms with van der Waals surface area (Å²) in [6, 6.07) is 9.79. The number of piperazine rings is 1. The summed E-state index contributed by atoms with van der Waals surface area (Å²) in [6.45, 7) is 4.78. The zero-order valence-corrected chi connectivity index (χ0v) is 14.7. The molecule has 1 heterocycles. The van der Waals surface area contributed by atoms with Crippen molar-refractivity contribution in [2.24, 2.45) is 5.73 Å². The van der Waals surface area contributed by atoms with Gasteiger partial charge in [-0.25, -0.2) is 0 Å². The fourth-order valence-electron chi connectivity index (χ4n) is 2.52. The molecule has 0 atom stereocenters. The zero-order chi connectivity index (χ0) is 17.2. The highest BCUT2D eigenvalue weighted by molar-refractivity contribution is 7.99. The van der Waals surface area contributed by atoms with Gasteiger partial charge in [-0.15, -0.1) is 0 Å². The minimum Gasteiger partial charge on any atom is -0.492 e. The number of ether oxygens (including phenoxy) is 1. The molecule has 0 bridgehead atoms. The topological polar surface area (TPSA) is 75.9 Å². The number of hydrogen-bond donors (Lipinski definition) is 1. The molecular formula is C17H25N3O3S. The Hall–Kier alpha value is -1.73. The lowest BCUT2D eigenvalue weighted by atomic mass is 10.3. The molecule has 24 heavy (non-hydrogen) atoms. The lowest BCUT2D eigenvalue weighted by Gasteiger charge is -2.34. The lowest BCUT2D eigenvalue weighted by Crippen LogP contribution is -2.49. The van der Waals surface area contributed by atoms with Crippen molar-refractivity contribution < 1.29 is 14.3 Å². The van der Waals surface area contributed by atoms with E-state index in [1.807, 2.05) is 35.2 Å². The first-order valence-corrected chi connectivity index (χ1v) is 9.34. The maximum atomic E-state index is 12.1. The number of carbonyl (C=O) groups is 2. The number of carbonyl (C=O) groups excluding carboxylic acids is 2. The molecule has 1 aromatic rings. The molecule has 0 radical (unpaired) electrons. The van der Waals surface area contributed by atoms with E-state index in [0.29, 0.717) is 18.8 Å². The Morgan fingerprint density at radius 3 is 2.50 bits per heavy atom. The van der Waals surface area contributed by atoms with Gasteiger partial charge in [0.25, 0.3) is 0 Å². The molecule has 1 saturated heterocycles. The Morgan fingerprint density at radius 2 is 1.83 bits per heavy atom. The predicted molar refractivity (Wildman–Crippen MR) is 96.1 cm³/mol. The molecule has 1 aliphatic heterocycles. The molecule has 1 aromatic carbocycles. The Morgan fingerprint density at radius 1 is 1.12 bits per heavy atom. The first-order chi connectivity index (χ1) is 11.6. The van der Waals surface area contributed by atoms with Gasteiger partial charge in [0.05, 0.1) is 5.75 Å². The second-order valence-corrected chi connectivity index (χ2v) is 6.76. The van der Waals surface area contributed by atoms with E-state index in [4.69, 9.17) is 10.5 Å². The highest BCUT2D eigenvalue weighted by Crippen LogP contribution is 2.10.